The van der Waals surface area contributed by atoms with Crippen LogP contribution in [0.2, 0.25) is 5.02 Å². The Labute approximate surface area is 133 Å². The third kappa shape index (κ3) is 2.38. The van der Waals surface area contributed by atoms with Crippen molar-refractivity contribution in [1.82, 2.24) is 4.98 Å². The van der Waals surface area contributed by atoms with Crippen LogP contribution in [0.25, 0.3) is 22.2 Å². The molecule has 2 aromatic carbocycles. The number of carbonyl (C=O) groups is 1. The largest absolute Gasteiger partial charge is 0.494 e. The molecule has 4 heteroatoms. The minimum atomic E-state index is 0.580. The molecule has 0 aliphatic heterocycles. The molecule has 0 radical (unpaired) electrons. The van der Waals surface area contributed by atoms with Gasteiger partial charge in [-0.1, -0.05) is 17.7 Å². The summed E-state index contributed by atoms with van der Waals surface area (Å²) in [5.41, 5.74) is 4.26. The maximum atomic E-state index is 11.6. The molecule has 1 heterocycles. The number of carbonyl (C=O) groups excluding carboxylic acids is 1. The first kappa shape index (κ1) is 14.7. The van der Waals surface area contributed by atoms with Crippen molar-refractivity contribution in [3.05, 3.63) is 52.5 Å². The van der Waals surface area contributed by atoms with Gasteiger partial charge in [-0.05, 0) is 55.3 Å². The highest BCUT2D eigenvalue weighted by molar-refractivity contribution is 6.37. The van der Waals surface area contributed by atoms with Crippen molar-refractivity contribution in [1.29, 1.82) is 0 Å². The molecule has 0 aliphatic rings. The van der Waals surface area contributed by atoms with E-state index < -0.39 is 0 Å². The Morgan fingerprint density at radius 2 is 1.91 bits per heavy atom. The van der Waals surface area contributed by atoms with Crippen LogP contribution >= 0.6 is 11.6 Å². The van der Waals surface area contributed by atoms with Crippen LogP contribution in [0, 0.1) is 6.92 Å². The fourth-order valence-electron chi connectivity index (χ4n) is 2.65. The molecule has 0 spiro atoms. The Morgan fingerprint density at radius 1 is 1.18 bits per heavy atom. The molecule has 1 N–H and O–H groups in total. The average molecular weight is 314 g/mol. The number of H-pyrrole nitrogens is 1. The molecule has 0 saturated carbocycles. The summed E-state index contributed by atoms with van der Waals surface area (Å²) in [5, 5.41) is 1.36. The Hall–Kier alpha value is -2.26. The number of hydrogen-bond donors (Lipinski definition) is 1. The van der Waals surface area contributed by atoms with Crippen molar-refractivity contribution in [2.75, 3.05) is 6.61 Å². The highest BCUT2D eigenvalue weighted by atomic mass is 35.5. The quantitative estimate of drug-likeness (QED) is 0.688. The lowest BCUT2D eigenvalue weighted by Crippen LogP contribution is -1.91. The van der Waals surface area contributed by atoms with Crippen molar-refractivity contribution in [2.45, 2.75) is 13.8 Å². The van der Waals surface area contributed by atoms with Gasteiger partial charge in [-0.15, -0.1) is 0 Å². The molecule has 0 fully saturated rings. The smallest absolute Gasteiger partial charge is 0.152 e. The van der Waals surface area contributed by atoms with Gasteiger partial charge in [-0.2, -0.15) is 0 Å². The van der Waals surface area contributed by atoms with E-state index in [2.05, 4.69) is 4.98 Å². The Morgan fingerprint density at radius 3 is 2.55 bits per heavy atom. The third-order valence-corrected chi connectivity index (χ3v) is 4.04. The average Bonchev–Trinajstić information content (AvgIpc) is 2.93. The molecule has 3 rings (SSSR count). The van der Waals surface area contributed by atoms with Crippen molar-refractivity contribution < 1.29 is 9.53 Å². The third-order valence-electron chi connectivity index (χ3n) is 3.72. The fraction of sp³-hybridized carbons (Fsp3) is 0.167. The topological polar surface area (TPSA) is 42.1 Å². The van der Waals surface area contributed by atoms with Crippen molar-refractivity contribution in [3.63, 3.8) is 0 Å². The number of hydrogen-bond acceptors (Lipinski definition) is 2. The van der Waals surface area contributed by atoms with E-state index in [9.17, 15) is 4.79 Å². The molecule has 3 nitrogen and oxygen atoms in total. The molecule has 22 heavy (non-hydrogen) atoms. The van der Waals surface area contributed by atoms with E-state index in [1.165, 1.54) is 0 Å². The summed E-state index contributed by atoms with van der Waals surface area (Å²) in [6.45, 7) is 4.56. The van der Waals surface area contributed by atoms with E-state index in [1.807, 2.05) is 50.2 Å². The molecule has 0 atom stereocenters. The van der Waals surface area contributed by atoms with Crippen LogP contribution in [0.1, 0.15) is 22.8 Å². The number of nitrogens with one attached hydrogen (secondary N) is 1. The summed E-state index contributed by atoms with van der Waals surface area (Å²) in [5.74, 6) is 0.809. The van der Waals surface area contributed by atoms with Gasteiger partial charge >= 0.3 is 0 Å². The van der Waals surface area contributed by atoms with E-state index in [0.29, 0.717) is 17.2 Å². The molecular formula is C18H16ClNO2. The minimum absolute atomic E-state index is 0.580. The van der Waals surface area contributed by atoms with E-state index in [1.54, 1.807) is 0 Å². The molecule has 3 aromatic rings. The van der Waals surface area contributed by atoms with Gasteiger partial charge in [0, 0.05) is 10.9 Å². The number of halogens is 1. The monoisotopic (exact) mass is 313 g/mol. The van der Waals surface area contributed by atoms with Gasteiger partial charge < -0.3 is 9.72 Å². The molecule has 0 amide bonds. The molecule has 0 unspecified atom stereocenters. The van der Waals surface area contributed by atoms with Crippen molar-refractivity contribution in [3.8, 4) is 17.0 Å². The van der Waals surface area contributed by atoms with Gasteiger partial charge in [0.2, 0.25) is 0 Å². The zero-order chi connectivity index (χ0) is 15.7. The lowest BCUT2D eigenvalue weighted by molar-refractivity contribution is 0.112. The second kappa shape index (κ2) is 5.85. The zero-order valence-electron chi connectivity index (χ0n) is 12.4. The van der Waals surface area contributed by atoms with Gasteiger partial charge in [0.15, 0.2) is 6.29 Å². The summed E-state index contributed by atoms with van der Waals surface area (Å²) in [6.07, 6.45) is 0.857. The summed E-state index contributed by atoms with van der Waals surface area (Å²) in [6, 6.07) is 11.4. The van der Waals surface area contributed by atoms with Crippen LogP contribution in [-0.2, 0) is 0 Å². The number of fused-ring (bicyclic) bond motifs is 1. The number of aromatic nitrogens is 1. The summed E-state index contributed by atoms with van der Waals surface area (Å²) in [4.78, 5) is 14.9. The first-order chi connectivity index (χ1) is 10.7. The Bertz CT molecular complexity index is 834. The summed E-state index contributed by atoms with van der Waals surface area (Å²) < 4.78 is 5.45. The van der Waals surface area contributed by atoms with Crippen LogP contribution in [0.4, 0.5) is 0 Å². The number of rotatable bonds is 4. The van der Waals surface area contributed by atoms with Crippen molar-refractivity contribution >= 4 is 28.8 Å². The minimum Gasteiger partial charge on any atom is -0.494 e. The van der Waals surface area contributed by atoms with Crippen molar-refractivity contribution in [2.24, 2.45) is 0 Å². The summed E-state index contributed by atoms with van der Waals surface area (Å²) >= 11 is 6.28. The highest BCUT2D eigenvalue weighted by Gasteiger charge is 2.16. The van der Waals surface area contributed by atoms with Gasteiger partial charge in [0.25, 0.3) is 0 Å². The number of benzene rings is 2. The lowest BCUT2D eigenvalue weighted by Gasteiger charge is -2.04. The molecule has 0 saturated heterocycles. The van der Waals surface area contributed by atoms with E-state index >= 15 is 0 Å². The van der Waals surface area contributed by atoms with Crippen LogP contribution in [0.15, 0.2) is 36.4 Å². The molecule has 1 aromatic heterocycles. The van der Waals surface area contributed by atoms with Gasteiger partial charge in [-0.3, -0.25) is 4.79 Å². The normalized spacial score (nSPS) is 10.9. The maximum Gasteiger partial charge on any atom is 0.152 e. The fourth-order valence-corrected chi connectivity index (χ4v) is 2.91. The number of ether oxygens (including phenoxy) is 1. The number of aryl methyl sites for hydroxylation is 1. The van der Waals surface area contributed by atoms with Gasteiger partial charge in [0.1, 0.15) is 5.75 Å². The van der Waals surface area contributed by atoms with Gasteiger partial charge in [0.05, 0.1) is 22.8 Å². The number of aromatic amines is 1. The Kier molecular flexibility index (Phi) is 3.90. The zero-order valence-corrected chi connectivity index (χ0v) is 13.2. The van der Waals surface area contributed by atoms with Crippen LogP contribution in [0.3, 0.4) is 0 Å². The van der Waals surface area contributed by atoms with Crippen LogP contribution in [-0.4, -0.2) is 17.9 Å². The molecular weight excluding hydrogens is 298 g/mol. The van der Waals surface area contributed by atoms with Crippen LogP contribution < -0.4 is 4.74 Å². The van der Waals surface area contributed by atoms with E-state index in [4.69, 9.17) is 16.3 Å². The van der Waals surface area contributed by atoms with Crippen LogP contribution in [0.5, 0.6) is 5.75 Å². The molecule has 112 valence electrons. The Balaban J connectivity index is 2.20. The van der Waals surface area contributed by atoms with Gasteiger partial charge in [-0.25, -0.2) is 0 Å². The second-order valence-electron chi connectivity index (χ2n) is 5.10. The predicted molar refractivity (Wildman–Crippen MR) is 90.0 cm³/mol. The molecule has 0 aliphatic carbocycles. The highest BCUT2D eigenvalue weighted by Crippen LogP contribution is 2.35. The molecule has 0 bridgehead atoms. The summed E-state index contributed by atoms with van der Waals surface area (Å²) in [7, 11) is 0. The predicted octanol–water partition coefficient (Wildman–Crippen LogP) is 5.01. The first-order valence-electron chi connectivity index (χ1n) is 7.15. The lowest BCUT2D eigenvalue weighted by atomic mass is 10.1. The maximum absolute atomic E-state index is 11.6. The van der Waals surface area contributed by atoms with E-state index in [0.717, 1.165) is 39.8 Å². The number of aldehydes is 1. The first-order valence-corrected chi connectivity index (χ1v) is 7.52. The standard InChI is InChI=1S/C18H16ClNO2/c1-3-22-13-7-5-12(6-8-13)18-14(10-21)16-15(19)9-4-11(2)17(16)20-18/h4-10,20H,3H2,1-2H3. The second-order valence-corrected chi connectivity index (χ2v) is 5.51. The SMILES string of the molecule is CCOc1ccc(-c2[nH]c3c(C)ccc(Cl)c3c2C=O)cc1. The van der Waals surface area contributed by atoms with E-state index in [-0.39, 0.29) is 0 Å².